The van der Waals surface area contributed by atoms with Crippen LogP contribution in [0.25, 0.3) is 0 Å². The van der Waals surface area contributed by atoms with Gasteiger partial charge in [0.05, 0.1) is 5.69 Å². The van der Waals surface area contributed by atoms with Crippen LogP contribution in [0.3, 0.4) is 0 Å². The molecule has 0 aliphatic carbocycles. The van der Waals surface area contributed by atoms with Crippen molar-refractivity contribution in [2.75, 3.05) is 0 Å². The lowest BCUT2D eigenvalue weighted by molar-refractivity contribution is 0.608. The largest absolute Gasteiger partial charge is 0.263 e. The number of hydrogen-bond donors (Lipinski definition) is 0. The molecule has 68 valence electrons. The summed E-state index contributed by atoms with van der Waals surface area (Å²) < 4.78 is 21.6. The van der Waals surface area contributed by atoms with Crippen LogP contribution in [-0.2, 0) is 9.05 Å². The van der Waals surface area contributed by atoms with Gasteiger partial charge in [0.2, 0.25) is 0 Å². The zero-order chi connectivity index (χ0) is 8.48. The van der Waals surface area contributed by atoms with E-state index in [1.807, 2.05) is 0 Å². The van der Waals surface area contributed by atoms with E-state index >= 15 is 0 Å². The van der Waals surface area contributed by atoms with E-state index in [0.29, 0.717) is 5.69 Å². The molecule has 0 fully saturated rings. The molecular weight excluding hydrogens is 221 g/mol. The van der Waals surface area contributed by atoms with Crippen LogP contribution in [0.2, 0.25) is 0 Å². The van der Waals surface area contributed by atoms with Crippen molar-refractivity contribution in [1.29, 1.82) is 0 Å². The van der Waals surface area contributed by atoms with Gasteiger partial charge in [-0.05, 0) is 19.1 Å². The summed E-state index contributed by atoms with van der Waals surface area (Å²) in [5.41, 5.74) is 0.419. The molecule has 0 spiro atoms. The number of nitrogens with zero attached hydrogens (tertiary/aromatic N) is 1. The highest BCUT2D eigenvalue weighted by Gasteiger charge is 2.12. The van der Waals surface area contributed by atoms with Crippen molar-refractivity contribution in [2.45, 2.75) is 11.8 Å². The van der Waals surface area contributed by atoms with Gasteiger partial charge in [0.25, 0.3) is 9.05 Å². The highest BCUT2D eigenvalue weighted by atomic mass is 35.7. The van der Waals surface area contributed by atoms with E-state index < -0.39 is 9.05 Å². The second-order valence-corrected chi connectivity index (χ2v) is 4.56. The van der Waals surface area contributed by atoms with Gasteiger partial charge in [-0.1, -0.05) is 0 Å². The molecule has 0 unspecified atom stereocenters. The van der Waals surface area contributed by atoms with Crippen molar-refractivity contribution in [3.05, 3.63) is 24.0 Å². The first-order valence-electron chi connectivity index (χ1n) is 2.88. The summed E-state index contributed by atoms with van der Waals surface area (Å²) in [5.74, 6) is 0. The molecule has 0 aliphatic rings. The highest BCUT2D eigenvalue weighted by molar-refractivity contribution is 8.13. The Hall–Kier alpha value is -0.320. The third-order valence-corrected chi connectivity index (χ3v) is 2.68. The van der Waals surface area contributed by atoms with E-state index in [9.17, 15) is 8.42 Å². The molecule has 1 aromatic heterocycles. The number of aryl methyl sites for hydroxylation is 1. The molecule has 0 atom stereocenters. The Kier molecular flexibility index (Phi) is 3.96. The molecule has 0 amide bonds. The Morgan fingerprint density at radius 1 is 1.50 bits per heavy atom. The maximum Gasteiger partial charge on any atom is 0.263 e. The Morgan fingerprint density at radius 3 is 2.42 bits per heavy atom. The summed E-state index contributed by atoms with van der Waals surface area (Å²) in [6.45, 7) is 1.59. The molecule has 1 rings (SSSR count). The number of halogens is 2. The molecule has 0 bridgehead atoms. The average molecular weight is 228 g/mol. The maximum absolute atomic E-state index is 10.8. The fourth-order valence-corrected chi connectivity index (χ4v) is 1.86. The van der Waals surface area contributed by atoms with Gasteiger partial charge in [-0.15, -0.1) is 12.4 Å². The zero-order valence-corrected chi connectivity index (χ0v) is 8.58. The van der Waals surface area contributed by atoms with Crippen molar-refractivity contribution >= 4 is 32.1 Å². The Morgan fingerprint density at radius 2 is 2.08 bits per heavy atom. The monoisotopic (exact) mass is 227 g/mol. The van der Waals surface area contributed by atoms with Crippen LogP contribution in [-0.4, -0.2) is 13.4 Å². The van der Waals surface area contributed by atoms with Crippen LogP contribution in [0, 0.1) is 6.92 Å². The lowest BCUT2D eigenvalue weighted by atomic mass is 10.4. The second kappa shape index (κ2) is 4.07. The smallest absolute Gasteiger partial charge is 0.260 e. The van der Waals surface area contributed by atoms with E-state index in [4.69, 9.17) is 10.7 Å². The van der Waals surface area contributed by atoms with Crippen LogP contribution >= 0.6 is 23.1 Å². The van der Waals surface area contributed by atoms with Crippen molar-refractivity contribution < 1.29 is 8.42 Å². The first-order valence-corrected chi connectivity index (χ1v) is 5.19. The van der Waals surface area contributed by atoms with E-state index in [1.54, 1.807) is 6.92 Å². The van der Waals surface area contributed by atoms with Crippen LogP contribution in [0.4, 0.5) is 0 Å². The molecular formula is C6H7Cl2NO2S. The third kappa shape index (κ3) is 2.62. The summed E-state index contributed by atoms with van der Waals surface area (Å²) >= 11 is 0. The minimum absolute atomic E-state index is 0. The normalized spacial score (nSPS) is 10.5. The molecule has 0 saturated carbocycles. The van der Waals surface area contributed by atoms with Gasteiger partial charge >= 0.3 is 0 Å². The molecule has 0 N–H and O–H groups in total. The summed E-state index contributed by atoms with van der Waals surface area (Å²) in [4.78, 5) is 3.85. The Bertz CT molecular complexity index is 364. The van der Waals surface area contributed by atoms with Crippen molar-refractivity contribution in [2.24, 2.45) is 0 Å². The zero-order valence-electron chi connectivity index (χ0n) is 6.19. The SMILES string of the molecule is Cc1ncccc1S(=O)(=O)Cl.Cl. The number of hydrogen-bond acceptors (Lipinski definition) is 3. The number of aromatic nitrogens is 1. The van der Waals surface area contributed by atoms with Crippen LogP contribution < -0.4 is 0 Å². The highest BCUT2D eigenvalue weighted by Crippen LogP contribution is 2.16. The minimum Gasteiger partial charge on any atom is -0.260 e. The lowest BCUT2D eigenvalue weighted by Gasteiger charge is -1.97. The lowest BCUT2D eigenvalue weighted by Crippen LogP contribution is -1.95. The van der Waals surface area contributed by atoms with Crippen LogP contribution in [0.5, 0.6) is 0 Å². The van der Waals surface area contributed by atoms with E-state index in [0.717, 1.165) is 0 Å². The van der Waals surface area contributed by atoms with Gasteiger partial charge in [-0.3, -0.25) is 4.98 Å². The topological polar surface area (TPSA) is 47.0 Å². The molecule has 0 radical (unpaired) electrons. The van der Waals surface area contributed by atoms with Gasteiger partial charge in [0, 0.05) is 16.9 Å². The van der Waals surface area contributed by atoms with Gasteiger partial charge in [0.1, 0.15) is 4.90 Å². The van der Waals surface area contributed by atoms with E-state index in [2.05, 4.69) is 4.98 Å². The summed E-state index contributed by atoms with van der Waals surface area (Å²) in [5, 5.41) is 0. The average Bonchev–Trinajstić information content (AvgIpc) is 1.86. The first kappa shape index (κ1) is 11.7. The molecule has 6 heteroatoms. The molecule has 0 saturated heterocycles. The quantitative estimate of drug-likeness (QED) is 0.688. The van der Waals surface area contributed by atoms with Gasteiger partial charge < -0.3 is 0 Å². The summed E-state index contributed by atoms with van der Waals surface area (Å²) in [6.07, 6.45) is 1.51. The fourth-order valence-electron chi connectivity index (χ4n) is 0.727. The van der Waals surface area contributed by atoms with Gasteiger partial charge in [-0.25, -0.2) is 8.42 Å². The van der Waals surface area contributed by atoms with E-state index in [-0.39, 0.29) is 17.3 Å². The van der Waals surface area contributed by atoms with Gasteiger partial charge in [0.15, 0.2) is 0 Å². The number of rotatable bonds is 1. The third-order valence-electron chi connectivity index (χ3n) is 1.22. The molecule has 1 heterocycles. The first-order chi connectivity index (χ1) is 5.02. The van der Waals surface area contributed by atoms with Gasteiger partial charge in [-0.2, -0.15) is 0 Å². The Balaban J connectivity index is 0.00000121. The molecule has 12 heavy (non-hydrogen) atoms. The predicted octanol–water partition coefficient (Wildman–Crippen LogP) is 1.74. The second-order valence-electron chi connectivity index (χ2n) is 2.02. The molecule has 0 aliphatic heterocycles. The predicted molar refractivity (Wildman–Crippen MR) is 49.3 cm³/mol. The van der Waals surface area contributed by atoms with Crippen molar-refractivity contribution in [1.82, 2.24) is 4.98 Å². The maximum atomic E-state index is 10.8. The standard InChI is InChI=1S/C6H6ClNO2S.ClH/c1-5-6(11(7,9)10)3-2-4-8-5;/h2-4H,1H3;1H. The van der Waals surface area contributed by atoms with Crippen LogP contribution in [0.15, 0.2) is 23.2 Å². The van der Waals surface area contributed by atoms with Crippen molar-refractivity contribution in [3.8, 4) is 0 Å². The summed E-state index contributed by atoms with van der Waals surface area (Å²) in [6, 6.07) is 2.95. The molecule has 0 aromatic carbocycles. The minimum atomic E-state index is -3.62. The molecule has 3 nitrogen and oxygen atoms in total. The van der Waals surface area contributed by atoms with Crippen LogP contribution in [0.1, 0.15) is 5.69 Å². The summed E-state index contributed by atoms with van der Waals surface area (Å²) in [7, 11) is 1.47. The van der Waals surface area contributed by atoms with Crippen molar-refractivity contribution in [3.63, 3.8) is 0 Å². The Labute approximate surface area is 81.6 Å². The van der Waals surface area contributed by atoms with E-state index in [1.165, 1.54) is 18.3 Å². The fraction of sp³-hybridized carbons (Fsp3) is 0.167. The molecule has 1 aromatic rings. The number of pyridine rings is 1.